The lowest BCUT2D eigenvalue weighted by molar-refractivity contribution is -0.384. The molecule has 8 nitrogen and oxygen atoms in total. The van der Waals surface area contributed by atoms with E-state index in [-0.39, 0.29) is 29.9 Å². The molecular weight excluding hydrogens is 278 g/mol. The summed E-state index contributed by atoms with van der Waals surface area (Å²) in [5.74, 6) is 0.0158. The van der Waals surface area contributed by atoms with Crippen LogP contribution in [0.2, 0.25) is 0 Å². The Morgan fingerprint density at radius 2 is 2.05 bits per heavy atom. The van der Waals surface area contributed by atoms with E-state index in [1.165, 1.54) is 24.3 Å². The van der Waals surface area contributed by atoms with Crippen molar-refractivity contribution in [2.24, 2.45) is 0 Å². The number of carbonyl (C=O) groups excluding carboxylic acids is 1. The van der Waals surface area contributed by atoms with Gasteiger partial charge in [-0.3, -0.25) is 14.9 Å². The van der Waals surface area contributed by atoms with Gasteiger partial charge in [-0.15, -0.1) is 10.2 Å². The van der Waals surface area contributed by atoms with Gasteiger partial charge in [0.05, 0.1) is 4.92 Å². The van der Waals surface area contributed by atoms with Crippen molar-refractivity contribution in [3.63, 3.8) is 0 Å². The Labute approximate surface area is 119 Å². The van der Waals surface area contributed by atoms with E-state index in [9.17, 15) is 14.9 Å². The molecule has 0 bridgehead atoms. The largest absolute Gasteiger partial charge is 0.453 e. The summed E-state index contributed by atoms with van der Waals surface area (Å²) in [5.41, 5.74) is 0.525. The van der Waals surface area contributed by atoms with E-state index in [1.807, 2.05) is 0 Å². The molecule has 0 fully saturated rings. The molecule has 1 atom stereocenters. The number of nitro benzene ring substituents is 1. The molecule has 0 aliphatic carbocycles. The van der Waals surface area contributed by atoms with E-state index in [1.54, 1.807) is 13.8 Å². The molecule has 0 aliphatic heterocycles. The van der Waals surface area contributed by atoms with Gasteiger partial charge >= 0.3 is 5.97 Å². The van der Waals surface area contributed by atoms with Crippen molar-refractivity contribution in [3.8, 4) is 11.5 Å². The van der Waals surface area contributed by atoms with Crippen molar-refractivity contribution in [3.05, 3.63) is 40.3 Å². The van der Waals surface area contributed by atoms with Gasteiger partial charge in [0.1, 0.15) is 0 Å². The molecule has 0 saturated carbocycles. The van der Waals surface area contributed by atoms with Crippen molar-refractivity contribution < 1.29 is 18.9 Å². The predicted molar refractivity (Wildman–Crippen MR) is 71.2 cm³/mol. The average molecular weight is 291 g/mol. The zero-order valence-electron chi connectivity index (χ0n) is 11.5. The summed E-state index contributed by atoms with van der Waals surface area (Å²) in [4.78, 5) is 21.3. The van der Waals surface area contributed by atoms with Crippen molar-refractivity contribution in [2.75, 3.05) is 0 Å². The molecule has 0 aliphatic rings. The van der Waals surface area contributed by atoms with Crippen LogP contribution in [-0.2, 0) is 9.53 Å². The number of nitro groups is 1. The first-order valence-electron chi connectivity index (χ1n) is 6.29. The van der Waals surface area contributed by atoms with Gasteiger partial charge < -0.3 is 9.15 Å². The molecule has 1 aromatic heterocycles. The summed E-state index contributed by atoms with van der Waals surface area (Å²) in [6.07, 6.45) is -0.384. The Bertz CT molecular complexity index is 650. The van der Waals surface area contributed by atoms with E-state index < -0.39 is 11.0 Å². The third-order valence-electron chi connectivity index (χ3n) is 2.71. The quantitative estimate of drug-likeness (QED) is 0.473. The van der Waals surface area contributed by atoms with Gasteiger partial charge in [0.15, 0.2) is 6.10 Å². The van der Waals surface area contributed by atoms with E-state index in [4.69, 9.17) is 9.15 Å². The fourth-order valence-corrected chi connectivity index (χ4v) is 1.57. The maximum absolute atomic E-state index is 11.2. The molecule has 0 spiro atoms. The Hall–Kier alpha value is -2.77. The van der Waals surface area contributed by atoms with Crippen LogP contribution in [0.5, 0.6) is 0 Å². The molecule has 2 rings (SSSR count). The van der Waals surface area contributed by atoms with Gasteiger partial charge in [-0.25, -0.2) is 0 Å². The van der Waals surface area contributed by atoms with Gasteiger partial charge in [-0.2, -0.15) is 0 Å². The predicted octanol–water partition coefficient (Wildman–Crippen LogP) is 2.66. The summed E-state index contributed by atoms with van der Waals surface area (Å²) in [6, 6.07) is 5.72. The number of aromatic nitrogens is 2. The number of hydrogen-bond donors (Lipinski definition) is 0. The van der Waals surface area contributed by atoms with Crippen LogP contribution in [0.15, 0.2) is 28.7 Å². The Balaban J connectivity index is 2.15. The van der Waals surface area contributed by atoms with Crippen LogP contribution in [0.3, 0.4) is 0 Å². The second kappa shape index (κ2) is 6.12. The van der Waals surface area contributed by atoms with Gasteiger partial charge in [0, 0.05) is 24.1 Å². The topological polar surface area (TPSA) is 108 Å². The number of esters is 1. The molecular formula is C13H13N3O5. The molecule has 110 valence electrons. The van der Waals surface area contributed by atoms with Gasteiger partial charge in [0.2, 0.25) is 5.89 Å². The molecule has 0 N–H and O–H groups in total. The molecule has 8 heteroatoms. The summed E-state index contributed by atoms with van der Waals surface area (Å²) in [7, 11) is 0. The zero-order chi connectivity index (χ0) is 15.4. The van der Waals surface area contributed by atoms with Gasteiger partial charge in [-0.1, -0.05) is 6.92 Å². The smallest absolute Gasteiger partial charge is 0.306 e. The second-order valence-electron chi connectivity index (χ2n) is 4.24. The maximum Gasteiger partial charge on any atom is 0.306 e. The van der Waals surface area contributed by atoms with Crippen molar-refractivity contribution in [2.45, 2.75) is 26.4 Å². The van der Waals surface area contributed by atoms with Crippen LogP contribution < -0.4 is 0 Å². The van der Waals surface area contributed by atoms with Crippen LogP contribution in [0.25, 0.3) is 11.5 Å². The highest BCUT2D eigenvalue weighted by Gasteiger charge is 2.18. The van der Waals surface area contributed by atoms with Crippen LogP contribution in [0, 0.1) is 10.1 Å². The third kappa shape index (κ3) is 3.41. The molecule has 0 saturated heterocycles. The molecule has 0 radical (unpaired) electrons. The van der Waals surface area contributed by atoms with E-state index in [0.29, 0.717) is 5.56 Å². The van der Waals surface area contributed by atoms with E-state index >= 15 is 0 Å². The standard InChI is InChI=1S/C13H13N3O5/c1-3-11(17)20-8(2)12-14-15-13(21-12)9-4-6-10(7-5-9)16(18)19/h4-8H,3H2,1-2H3/t8-/m1/s1. The number of non-ortho nitro benzene ring substituents is 1. The highest BCUT2D eigenvalue weighted by Crippen LogP contribution is 2.24. The number of nitrogens with zero attached hydrogens (tertiary/aromatic N) is 3. The lowest BCUT2D eigenvalue weighted by atomic mass is 10.2. The lowest BCUT2D eigenvalue weighted by Gasteiger charge is -2.07. The van der Waals surface area contributed by atoms with Crippen molar-refractivity contribution in [1.82, 2.24) is 10.2 Å². The number of benzene rings is 1. The molecule has 1 heterocycles. The summed E-state index contributed by atoms with van der Waals surface area (Å²) in [6.45, 7) is 3.31. The highest BCUT2D eigenvalue weighted by atomic mass is 16.6. The Morgan fingerprint density at radius 1 is 1.38 bits per heavy atom. The monoisotopic (exact) mass is 291 g/mol. The van der Waals surface area contributed by atoms with Gasteiger partial charge in [0.25, 0.3) is 11.6 Å². The first-order valence-corrected chi connectivity index (χ1v) is 6.29. The minimum Gasteiger partial charge on any atom is -0.453 e. The Kier molecular flexibility index (Phi) is 4.27. The molecule has 21 heavy (non-hydrogen) atoms. The normalized spacial score (nSPS) is 11.9. The van der Waals surface area contributed by atoms with E-state index in [0.717, 1.165) is 0 Å². The van der Waals surface area contributed by atoms with Gasteiger partial charge in [-0.05, 0) is 19.1 Å². The number of ether oxygens (including phenoxy) is 1. The Morgan fingerprint density at radius 3 is 2.62 bits per heavy atom. The highest BCUT2D eigenvalue weighted by molar-refractivity contribution is 5.69. The minimum absolute atomic E-state index is 0.0243. The summed E-state index contributed by atoms with van der Waals surface area (Å²) in [5, 5.41) is 18.2. The minimum atomic E-state index is -0.642. The number of carbonyl (C=O) groups is 1. The molecule has 2 aromatic rings. The summed E-state index contributed by atoms with van der Waals surface area (Å²) < 4.78 is 10.5. The molecule has 0 amide bonds. The number of hydrogen-bond acceptors (Lipinski definition) is 7. The van der Waals surface area contributed by atoms with Crippen molar-refractivity contribution >= 4 is 11.7 Å². The SMILES string of the molecule is CCC(=O)O[C@H](C)c1nnc(-c2ccc([N+](=O)[O-])cc2)o1. The fourth-order valence-electron chi connectivity index (χ4n) is 1.57. The zero-order valence-corrected chi connectivity index (χ0v) is 11.5. The van der Waals surface area contributed by atoms with Crippen molar-refractivity contribution in [1.29, 1.82) is 0 Å². The summed E-state index contributed by atoms with van der Waals surface area (Å²) >= 11 is 0. The maximum atomic E-state index is 11.2. The fraction of sp³-hybridized carbons (Fsp3) is 0.308. The first-order chi connectivity index (χ1) is 10.0. The van der Waals surface area contributed by atoms with E-state index in [2.05, 4.69) is 10.2 Å². The first kappa shape index (κ1) is 14.6. The van der Waals surface area contributed by atoms with Crippen LogP contribution in [0.1, 0.15) is 32.3 Å². The second-order valence-corrected chi connectivity index (χ2v) is 4.24. The molecule has 0 unspecified atom stereocenters. The molecule has 1 aromatic carbocycles. The van der Waals surface area contributed by atoms with Crippen LogP contribution in [0.4, 0.5) is 5.69 Å². The van der Waals surface area contributed by atoms with Crippen LogP contribution >= 0.6 is 0 Å². The van der Waals surface area contributed by atoms with Crippen LogP contribution in [-0.4, -0.2) is 21.1 Å². The average Bonchev–Trinajstić information content (AvgIpc) is 2.97. The lowest BCUT2D eigenvalue weighted by Crippen LogP contribution is -2.07. The third-order valence-corrected chi connectivity index (χ3v) is 2.71. The number of rotatable bonds is 5.